The summed E-state index contributed by atoms with van der Waals surface area (Å²) in [4.78, 5) is 17.6. The number of aromatic nitrogens is 3. The number of nitrogens with one attached hydrogen (secondary N) is 1. The molecule has 146 valence electrons. The first-order valence-electron chi connectivity index (χ1n) is 8.98. The Hall–Kier alpha value is -2.97. The fourth-order valence-corrected chi connectivity index (χ4v) is 4.33. The van der Waals surface area contributed by atoms with Crippen molar-refractivity contribution in [3.05, 3.63) is 72.3 Å². The maximum atomic E-state index is 12.0. The smallest absolute Gasteiger partial charge is 0.230 e. The number of rotatable bonds is 7. The minimum Gasteiger partial charge on any atom is -0.467 e. The molecule has 0 bridgehead atoms. The number of aryl methyl sites for hydroxylation is 1. The summed E-state index contributed by atoms with van der Waals surface area (Å²) < 4.78 is 5.19. The second-order valence-electron chi connectivity index (χ2n) is 6.20. The molecule has 0 spiro atoms. The zero-order chi connectivity index (χ0) is 20.1. The van der Waals surface area contributed by atoms with E-state index in [0.717, 1.165) is 32.6 Å². The molecule has 0 fully saturated rings. The molecule has 4 rings (SSSR count). The summed E-state index contributed by atoms with van der Waals surface area (Å²) in [6, 6.07) is 17.5. The van der Waals surface area contributed by atoms with Crippen LogP contribution in [0.3, 0.4) is 0 Å². The third kappa shape index (κ3) is 4.90. The number of amides is 1. The van der Waals surface area contributed by atoms with E-state index >= 15 is 0 Å². The summed E-state index contributed by atoms with van der Waals surface area (Å²) in [5.41, 5.74) is 2.81. The Kier molecular flexibility index (Phi) is 6.02. The normalized spacial score (nSPS) is 10.8. The molecule has 0 unspecified atom stereocenters. The molecule has 0 radical (unpaired) electrons. The van der Waals surface area contributed by atoms with Crippen molar-refractivity contribution in [2.24, 2.45) is 0 Å². The fraction of sp³-hybridized carbons (Fsp3) is 0.143. The van der Waals surface area contributed by atoms with Crippen LogP contribution >= 0.6 is 23.1 Å². The lowest BCUT2D eigenvalue weighted by Crippen LogP contribution is -2.24. The van der Waals surface area contributed by atoms with E-state index in [4.69, 9.17) is 4.42 Å². The van der Waals surface area contributed by atoms with Crippen LogP contribution in [0.1, 0.15) is 11.5 Å². The van der Waals surface area contributed by atoms with Crippen LogP contribution in [0.25, 0.3) is 21.1 Å². The SMILES string of the molecule is Cc1nc(-c2ccccc2)sc1-c1ccc(SCC(=O)NCc2ccco2)nn1. The zero-order valence-corrected chi connectivity index (χ0v) is 17.3. The van der Waals surface area contributed by atoms with E-state index < -0.39 is 0 Å². The highest BCUT2D eigenvalue weighted by Gasteiger charge is 2.13. The average molecular weight is 423 g/mol. The van der Waals surface area contributed by atoms with Crippen molar-refractivity contribution in [3.63, 3.8) is 0 Å². The van der Waals surface area contributed by atoms with Crippen LogP contribution in [0.2, 0.25) is 0 Å². The summed E-state index contributed by atoms with van der Waals surface area (Å²) in [5.74, 6) is 0.914. The Balaban J connectivity index is 1.37. The number of carbonyl (C=O) groups is 1. The monoisotopic (exact) mass is 422 g/mol. The number of benzene rings is 1. The van der Waals surface area contributed by atoms with Crippen molar-refractivity contribution in [3.8, 4) is 21.1 Å². The number of thiazole rings is 1. The van der Waals surface area contributed by atoms with E-state index in [1.807, 2.05) is 55.5 Å². The van der Waals surface area contributed by atoms with Gasteiger partial charge in [0.05, 0.1) is 29.1 Å². The molecular formula is C21H18N4O2S2. The molecule has 8 heteroatoms. The predicted molar refractivity (Wildman–Crippen MR) is 115 cm³/mol. The number of hydrogen-bond donors (Lipinski definition) is 1. The predicted octanol–water partition coefficient (Wildman–Crippen LogP) is 4.58. The molecule has 3 aromatic heterocycles. The first kappa shape index (κ1) is 19.4. The highest BCUT2D eigenvalue weighted by molar-refractivity contribution is 7.99. The lowest BCUT2D eigenvalue weighted by atomic mass is 10.2. The second-order valence-corrected chi connectivity index (χ2v) is 8.20. The van der Waals surface area contributed by atoms with Gasteiger partial charge in [0, 0.05) is 5.56 Å². The maximum absolute atomic E-state index is 12.0. The Labute approximate surface area is 176 Å². The van der Waals surface area contributed by atoms with E-state index in [9.17, 15) is 4.79 Å². The van der Waals surface area contributed by atoms with Crippen LogP contribution in [-0.2, 0) is 11.3 Å². The summed E-state index contributed by atoms with van der Waals surface area (Å²) in [6.45, 7) is 2.36. The number of furan rings is 1. The molecule has 1 amide bonds. The van der Waals surface area contributed by atoms with Gasteiger partial charge in [0.1, 0.15) is 21.5 Å². The first-order valence-corrected chi connectivity index (χ1v) is 10.8. The second kappa shape index (κ2) is 9.02. The lowest BCUT2D eigenvalue weighted by Gasteiger charge is -2.03. The van der Waals surface area contributed by atoms with E-state index in [2.05, 4.69) is 20.5 Å². The molecule has 3 heterocycles. The summed E-state index contributed by atoms with van der Waals surface area (Å²) >= 11 is 2.95. The highest BCUT2D eigenvalue weighted by atomic mass is 32.2. The molecule has 1 N–H and O–H groups in total. The van der Waals surface area contributed by atoms with E-state index in [-0.39, 0.29) is 11.7 Å². The van der Waals surface area contributed by atoms with Crippen LogP contribution in [0.4, 0.5) is 0 Å². The van der Waals surface area contributed by atoms with Gasteiger partial charge in [-0.3, -0.25) is 4.79 Å². The zero-order valence-electron chi connectivity index (χ0n) is 15.7. The van der Waals surface area contributed by atoms with Gasteiger partial charge in [-0.2, -0.15) is 0 Å². The molecule has 0 aliphatic carbocycles. The molecule has 0 saturated carbocycles. The van der Waals surface area contributed by atoms with Gasteiger partial charge in [0.2, 0.25) is 5.91 Å². The summed E-state index contributed by atoms with van der Waals surface area (Å²) in [6.07, 6.45) is 1.58. The Morgan fingerprint density at radius 3 is 2.69 bits per heavy atom. The summed E-state index contributed by atoms with van der Waals surface area (Å²) in [5, 5.41) is 13.1. The molecule has 29 heavy (non-hydrogen) atoms. The van der Waals surface area contributed by atoms with Crippen LogP contribution in [0.15, 0.2) is 70.3 Å². The molecule has 0 aliphatic heterocycles. The minimum atomic E-state index is -0.0805. The average Bonchev–Trinajstić information content (AvgIpc) is 3.41. The molecule has 0 saturated heterocycles. The Morgan fingerprint density at radius 1 is 1.10 bits per heavy atom. The summed E-state index contributed by atoms with van der Waals surface area (Å²) in [7, 11) is 0. The van der Waals surface area contributed by atoms with Gasteiger partial charge < -0.3 is 9.73 Å². The lowest BCUT2D eigenvalue weighted by molar-refractivity contribution is -0.118. The highest BCUT2D eigenvalue weighted by Crippen LogP contribution is 2.34. The Morgan fingerprint density at radius 2 is 1.97 bits per heavy atom. The molecule has 4 aromatic rings. The topological polar surface area (TPSA) is 80.9 Å². The number of hydrogen-bond acceptors (Lipinski definition) is 7. The Bertz CT molecular complexity index is 1080. The van der Waals surface area contributed by atoms with Gasteiger partial charge in [-0.1, -0.05) is 42.1 Å². The van der Waals surface area contributed by atoms with E-state index in [1.54, 1.807) is 23.7 Å². The number of nitrogens with zero attached hydrogens (tertiary/aromatic N) is 3. The van der Waals surface area contributed by atoms with Gasteiger partial charge >= 0.3 is 0 Å². The van der Waals surface area contributed by atoms with Crippen LogP contribution < -0.4 is 5.32 Å². The first-order chi connectivity index (χ1) is 14.2. The van der Waals surface area contributed by atoms with Gasteiger partial charge in [0.25, 0.3) is 0 Å². The third-order valence-electron chi connectivity index (χ3n) is 4.08. The van der Waals surface area contributed by atoms with Gasteiger partial charge in [0.15, 0.2) is 0 Å². The fourth-order valence-electron chi connectivity index (χ4n) is 2.65. The van der Waals surface area contributed by atoms with Crippen molar-refractivity contribution in [1.29, 1.82) is 0 Å². The van der Waals surface area contributed by atoms with Crippen LogP contribution in [0.5, 0.6) is 0 Å². The van der Waals surface area contributed by atoms with E-state index in [1.165, 1.54) is 11.8 Å². The van der Waals surface area contributed by atoms with Crippen molar-refractivity contribution >= 4 is 29.0 Å². The number of thioether (sulfide) groups is 1. The maximum Gasteiger partial charge on any atom is 0.230 e. The van der Waals surface area contributed by atoms with Crippen molar-refractivity contribution < 1.29 is 9.21 Å². The van der Waals surface area contributed by atoms with Gasteiger partial charge in [-0.05, 0) is 31.2 Å². The molecular weight excluding hydrogens is 404 g/mol. The standard InChI is InChI=1S/C21H18N4O2S2/c1-14-20(29-21(23-14)15-6-3-2-4-7-15)17-9-10-19(25-24-17)28-13-18(26)22-12-16-8-5-11-27-16/h2-11H,12-13H2,1H3,(H,22,26). The van der Waals surface area contributed by atoms with Gasteiger partial charge in [-0.25, -0.2) is 4.98 Å². The quantitative estimate of drug-likeness (QED) is 0.439. The van der Waals surface area contributed by atoms with Crippen LogP contribution in [-0.4, -0.2) is 26.8 Å². The van der Waals surface area contributed by atoms with Crippen LogP contribution in [0, 0.1) is 6.92 Å². The van der Waals surface area contributed by atoms with Crippen molar-refractivity contribution in [1.82, 2.24) is 20.5 Å². The van der Waals surface area contributed by atoms with Gasteiger partial charge in [-0.15, -0.1) is 21.5 Å². The minimum absolute atomic E-state index is 0.0805. The van der Waals surface area contributed by atoms with Crippen molar-refractivity contribution in [2.75, 3.05) is 5.75 Å². The molecule has 0 atom stereocenters. The van der Waals surface area contributed by atoms with E-state index in [0.29, 0.717) is 11.6 Å². The number of carbonyl (C=O) groups excluding carboxylic acids is 1. The third-order valence-corrected chi connectivity index (χ3v) is 6.23. The largest absolute Gasteiger partial charge is 0.467 e. The van der Waals surface area contributed by atoms with Crippen molar-refractivity contribution in [2.45, 2.75) is 18.5 Å². The molecule has 0 aliphatic rings. The molecule has 6 nitrogen and oxygen atoms in total. The molecule has 1 aromatic carbocycles.